The van der Waals surface area contributed by atoms with Crippen molar-refractivity contribution < 1.29 is 4.74 Å². The summed E-state index contributed by atoms with van der Waals surface area (Å²) in [5.41, 5.74) is 2.02. The van der Waals surface area contributed by atoms with E-state index in [0.29, 0.717) is 5.92 Å². The average Bonchev–Trinajstić information content (AvgIpc) is 2.91. The normalized spacial score (nSPS) is 12.3. The summed E-state index contributed by atoms with van der Waals surface area (Å²) >= 11 is 0. The molecule has 2 aromatic rings. The first-order valence-electron chi connectivity index (χ1n) is 5.86. The van der Waals surface area contributed by atoms with E-state index in [1.54, 1.807) is 18.1 Å². The monoisotopic (exact) mass is 247 g/mol. The molecule has 0 aliphatic carbocycles. The van der Waals surface area contributed by atoms with Gasteiger partial charge in [-0.2, -0.15) is 0 Å². The minimum Gasteiger partial charge on any atom is -0.385 e. The van der Waals surface area contributed by atoms with Gasteiger partial charge in [-0.1, -0.05) is 6.92 Å². The van der Waals surface area contributed by atoms with Gasteiger partial charge in [0, 0.05) is 19.3 Å². The molecule has 0 aliphatic rings. The lowest BCUT2D eigenvalue weighted by atomic mass is 10.2. The zero-order valence-corrected chi connectivity index (χ0v) is 10.6. The van der Waals surface area contributed by atoms with E-state index in [1.807, 2.05) is 24.3 Å². The van der Waals surface area contributed by atoms with Gasteiger partial charge >= 0.3 is 0 Å². The first kappa shape index (κ1) is 12.5. The van der Waals surface area contributed by atoms with Crippen molar-refractivity contribution in [3.8, 4) is 5.69 Å². The van der Waals surface area contributed by atoms with Crippen molar-refractivity contribution in [2.45, 2.75) is 6.92 Å². The lowest BCUT2D eigenvalue weighted by Gasteiger charge is -2.12. The Morgan fingerprint density at radius 3 is 2.72 bits per heavy atom. The Kier molecular flexibility index (Phi) is 4.25. The maximum absolute atomic E-state index is 5.09. The SMILES string of the molecule is COCC(C)CNc1ccc(-n2cnnn2)cc1. The second kappa shape index (κ2) is 6.11. The Labute approximate surface area is 106 Å². The smallest absolute Gasteiger partial charge is 0.143 e. The third-order valence-corrected chi connectivity index (χ3v) is 2.59. The summed E-state index contributed by atoms with van der Waals surface area (Å²) < 4.78 is 6.72. The Morgan fingerprint density at radius 2 is 2.11 bits per heavy atom. The summed E-state index contributed by atoms with van der Waals surface area (Å²) in [5, 5.41) is 14.4. The molecule has 0 fully saturated rings. The van der Waals surface area contributed by atoms with E-state index < -0.39 is 0 Å². The van der Waals surface area contributed by atoms with E-state index in [-0.39, 0.29) is 0 Å². The number of nitrogens with one attached hydrogen (secondary N) is 1. The summed E-state index contributed by atoms with van der Waals surface area (Å²) in [6.45, 7) is 3.79. The predicted octanol–water partition coefficient (Wildman–Crippen LogP) is 1.36. The number of methoxy groups -OCH3 is 1. The van der Waals surface area contributed by atoms with Gasteiger partial charge in [-0.15, -0.1) is 5.10 Å². The van der Waals surface area contributed by atoms with Crippen LogP contribution >= 0.6 is 0 Å². The van der Waals surface area contributed by atoms with Gasteiger partial charge in [-0.05, 0) is 40.6 Å². The number of tetrazole rings is 1. The molecule has 96 valence electrons. The topological polar surface area (TPSA) is 64.9 Å². The molecule has 1 heterocycles. The van der Waals surface area contributed by atoms with Gasteiger partial charge in [0.25, 0.3) is 0 Å². The molecule has 0 saturated heterocycles. The fourth-order valence-corrected chi connectivity index (χ4v) is 1.65. The van der Waals surface area contributed by atoms with Gasteiger partial charge < -0.3 is 10.1 Å². The summed E-state index contributed by atoms with van der Waals surface area (Å²) in [4.78, 5) is 0. The summed E-state index contributed by atoms with van der Waals surface area (Å²) in [6.07, 6.45) is 1.57. The number of anilines is 1. The summed E-state index contributed by atoms with van der Waals surface area (Å²) in [6, 6.07) is 7.96. The molecule has 0 aliphatic heterocycles. The quantitative estimate of drug-likeness (QED) is 0.835. The number of rotatable bonds is 6. The molecule has 0 amide bonds. The van der Waals surface area contributed by atoms with Crippen LogP contribution in [0.3, 0.4) is 0 Å². The molecule has 0 spiro atoms. The van der Waals surface area contributed by atoms with Gasteiger partial charge in [-0.3, -0.25) is 0 Å². The van der Waals surface area contributed by atoms with Crippen molar-refractivity contribution >= 4 is 5.69 Å². The summed E-state index contributed by atoms with van der Waals surface area (Å²) in [7, 11) is 1.72. The van der Waals surface area contributed by atoms with Crippen LogP contribution in [0.4, 0.5) is 5.69 Å². The molecule has 2 rings (SSSR count). The fraction of sp³-hybridized carbons (Fsp3) is 0.417. The second-order valence-corrected chi connectivity index (χ2v) is 4.24. The molecule has 6 heteroatoms. The molecule has 0 radical (unpaired) electrons. The van der Waals surface area contributed by atoms with Crippen LogP contribution in [0.25, 0.3) is 5.69 Å². The van der Waals surface area contributed by atoms with Crippen molar-refractivity contribution in [1.29, 1.82) is 0 Å². The lowest BCUT2D eigenvalue weighted by Crippen LogP contribution is -2.15. The highest BCUT2D eigenvalue weighted by Gasteiger charge is 2.02. The third-order valence-electron chi connectivity index (χ3n) is 2.59. The molecule has 0 saturated carbocycles. The van der Waals surface area contributed by atoms with Crippen LogP contribution in [0, 0.1) is 5.92 Å². The number of hydrogen-bond donors (Lipinski definition) is 1. The second-order valence-electron chi connectivity index (χ2n) is 4.24. The molecular weight excluding hydrogens is 230 g/mol. The standard InChI is InChI=1S/C12H17N5O/c1-10(8-18-2)7-13-11-3-5-12(6-4-11)17-9-14-15-16-17/h3-6,9-10,13H,7-8H2,1-2H3. The highest BCUT2D eigenvalue weighted by Crippen LogP contribution is 2.12. The van der Waals surface area contributed by atoms with Crippen molar-refractivity contribution in [2.75, 3.05) is 25.6 Å². The lowest BCUT2D eigenvalue weighted by molar-refractivity contribution is 0.164. The van der Waals surface area contributed by atoms with E-state index in [2.05, 4.69) is 27.8 Å². The fourth-order valence-electron chi connectivity index (χ4n) is 1.65. The molecule has 1 aromatic heterocycles. The van der Waals surface area contributed by atoms with Crippen LogP contribution in [0.1, 0.15) is 6.92 Å². The van der Waals surface area contributed by atoms with Gasteiger partial charge in [0.2, 0.25) is 0 Å². The molecule has 0 bridgehead atoms. The Balaban J connectivity index is 1.92. The van der Waals surface area contributed by atoms with Crippen molar-refractivity contribution in [2.24, 2.45) is 5.92 Å². The van der Waals surface area contributed by atoms with Crippen LogP contribution in [0.2, 0.25) is 0 Å². The molecule has 1 unspecified atom stereocenters. The predicted molar refractivity (Wildman–Crippen MR) is 68.7 cm³/mol. The maximum Gasteiger partial charge on any atom is 0.143 e. The molecule has 18 heavy (non-hydrogen) atoms. The van der Waals surface area contributed by atoms with E-state index in [1.165, 1.54) is 0 Å². The first-order chi connectivity index (χ1) is 8.79. The summed E-state index contributed by atoms with van der Waals surface area (Å²) in [5.74, 6) is 0.481. The Morgan fingerprint density at radius 1 is 1.33 bits per heavy atom. The van der Waals surface area contributed by atoms with E-state index in [9.17, 15) is 0 Å². The average molecular weight is 247 g/mol. The minimum absolute atomic E-state index is 0.481. The van der Waals surface area contributed by atoms with Crippen LogP contribution in [-0.4, -0.2) is 40.5 Å². The maximum atomic E-state index is 5.09. The van der Waals surface area contributed by atoms with Crippen LogP contribution < -0.4 is 5.32 Å². The third kappa shape index (κ3) is 3.27. The molecule has 1 aromatic carbocycles. The highest BCUT2D eigenvalue weighted by atomic mass is 16.5. The highest BCUT2D eigenvalue weighted by molar-refractivity contribution is 5.48. The van der Waals surface area contributed by atoms with Gasteiger partial charge in [0.15, 0.2) is 0 Å². The number of aromatic nitrogens is 4. The van der Waals surface area contributed by atoms with E-state index >= 15 is 0 Å². The number of ether oxygens (including phenoxy) is 1. The number of hydrogen-bond acceptors (Lipinski definition) is 5. The minimum atomic E-state index is 0.481. The first-order valence-corrected chi connectivity index (χ1v) is 5.86. The molecular formula is C12H17N5O. The van der Waals surface area contributed by atoms with E-state index in [4.69, 9.17) is 4.74 Å². The number of nitrogens with zero attached hydrogens (tertiary/aromatic N) is 4. The Bertz CT molecular complexity index is 454. The van der Waals surface area contributed by atoms with Gasteiger partial charge in [-0.25, -0.2) is 4.68 Å². The van der Waals surface area contributed by atoms with Crippen LogP contribution in [0.5, 0.6) is 0 Å². The van der Waals surface area contributed by atoms with Crippen LogP contribution in [-0.2, 0) is 4.74 Å². The van der Waals surface area contributed by atoms with E-state index in [0.717, 1.165) is 24.5 Å². The van der Waals surface area contributed by atoms with Crippen molar-refractivity contribution in [3.05, 3.63) is 30.6 Å². The molecule has 6 nitrogen and oxygen atoms in total. The molecule has 1 N–H and O–H groups in total. The Hall–Kier alpha value is -1.95. The van der Waals surface area contributed by atoms with Crippen LogP contribution in [0.15, 0.2) is 30.6 Å². The van der Waals surface area contributed by atoms with Crippen molar-refractivity contribution in [1.82, 2.24) is 20.2 Å². The number of benzene rings is 1. The molecule has 1 atom stereocenters. The van der Waals surface area contributed by atoms with Crippen molar-refractivity contribution in [3.63, 3.8) is 0 Å². The van der Waals surface area contributed by atoms with Gasteiger partial charge in [0.05, 0.1) is 12.3 Å². The largest absolute Gasteiger partial charge is 0.385 e. The zero-order chi connectivity index (χ0) is 12.8. The zero-order valence-electron chi connectivity index (χ0n) is 10.6. The van der Waals surface area contributed by atoms with Gasteiger partial charge in [0.1, 0.15) is 6.33 Å².